The van der Waals surface area contributed by atoms with Gasteiger partial charge in [0.15, 0.2) is 5.96 Å². The number of ether oxygens (including phenoxy) is 2. The molecule has 1 unspecified atom stereocenters. The number of amides is 1. The van der Waals surface area contributed by atoms with Gasteiger partial charge in [-0.05, 0) is 12.8 Å². The highest BCUT2D eigenvalue weighted by atomic mass is 16.5. The lowest BCUT2D eigenvalue weighted by Crippen LogP contribution is -2.41. The summed E-state index contributed by atoms with van der Waals surface area (Å²) in [5.41, 5.74) is 0. The number of rotatable bonds is 10. The molecular formula is C17H34N4O3. The summed E-state index contributed by atoms with van der Waals surface area (Å²) in [7, 11) is 5.19. The Bertz CT molecular complexity index is 388. The lowest BCUT2D eigenvalue weighted by molar-refractivity contribution is -0.127. The topological polar surface area (TPSA) is 66.4 Å². The summed E-state index contributed by atoms with van der Waals surface area (Å²) < 4.78 is 10.6. The number of carbonyl (C=O) groups excluding carboxylic acids is 1. The summed E-state index contributed by atoms with van der Waals surface area (Å²) in [4.78, 5) is 20.1. The van der Waals surface area contributed by atoms with Gasteiger partial charge < -0.3 is 24.6 Å². The number of aliphatic imine (C=N–C) groups is 1. The smallest absolute Gasteiger partial charge is 0.243 e. The SMILES string of the molecule is CCCCNC(=NCC(=O)N(C)C)N1CCC(COCCOC)C1. The van der Waals surface area contributed by atoms with Crippen LogP contribution in [0.4, 0.5) is 0 Å². The Morgan fingerprint density at radius 3 is 2.83 bits per heavy atom. The van der Waals surface area contributed by atoms with E-state index in [1.165, 1.54) is 0 Å². The predicted octanol–water partition coefficient (Wildman–Crippen LogP) is 0.805. The summed E-state index contributed by atoms with van der Waals surface area (Å²) in [6, 6.07) is 0. The third kappa shape index (κ3) is 7.97. The Hall–Kier alpha value is -1.34. The summed E-state index contributed by atoms with van der Waals surface area (Å²) in [5.74, 6) is 1.37. The summed E-state index contributed by atoms with van der Waals surface area (Å²) in [5, 5.41) is 3.40. The summed E-state index contributed by atoms with van der Waals surface area (Å²) >= 11 is 0. The average Bonchev–Trinajstić information content (AvgIpc) is 3.03. The highest BCUT2D eigenvalue weighted by molar-refractivity contribution is 5.85. The number of nitrogens with zero attached hydrogens (tertiary/aromatic N) is 3. The first-order valence-corrected chi connectivity index (χ1v) is 8.88. The van der Waals surface area contributed by atoms with Gasteiger partial charge in [0.05, 0.1) is 19.8 Å². The van der Waals surface area contributed by atoms with Gasteiger partial charge in [0.1, 0.15) is 6.54 Å². The van der Waals surface area contributed by atoms with Gasteiger partial charge in [0.25, 0.3) is 0 Å². The molecule has 1 heterocycles. The van der Waals surface area contributed by atoms with Crippen molar-refractivity contribution in [3.05, 3.63) is 0 Å². The Kier molecular flexibility index (Phi) is 10.4. The second kappa shape index (κ2) is 12.1. The third-order valence-corrected chi connectivity index (χ3v) is 4.05. The van der Waals surface area contributed by atoms with Crippen LogP contribution >= 0.6 is 0 Å². The van der Waals surface area contributed by atoms with Crippen molar-refractivity contribution >= 4 is 11.9 Å². The van der Waals surface area contributed by atoms with Crippen LogP contribution in [-0.4, -0.2) is 88.9 Å². The summed E-state index contributed by atoms with van der Waals surface area (Å²) in [6.45, 7) is 7.13. The van der Waals surface area contributed by atoms with Crippen molar-refractivity contribution in [2.75, 3.05) is 67.2 Å². The number of hydrogen-bond acceptors (Lipinski definition) is 4. The highest BCUT2D eigenvalue weighted by Gasteiger charge is 2.25. The van der Waals surface area contributed by atoms with E-state index in [0.29, 0.717) is 19.1 Å². The van der Waals surface area contributed by atoms with E-state index in [9.17, 15) is 4.79 Å². The molecule has 1 rings (SSSR count). The standard InChI is InChI=1S/C17H34N4O3/c1-5-6-8-18-17(19-12-16(22)20(2)3)21-9-7-15(13-21)14-24-11-10-23-4/h15H,5-14H2,1-4H3,(H,18,19). The molecule has 0 aromatic carbocycles. The largest absolute Gasteiger partial charge is 0.382 e. The fraction of sp³-hybridized carbons (Fsp3) is 0.882. The van der Waals surface area contributed by atoms with Crippen molar-refractivity contribution in [2.24, 2.45) is 10.9 Å². The molecular weight excluding hydrogens is 308 g/mol. The van der Waals surface area contributed by atoms with Gasteiger partial charge in [0.2, 0.25) is 5.91 Å². The molecule has 0 radical (unpaired) electrons. The van der Waals surface area contributed by atoms with Crippen molar-refractivity contribution in [3.8, 4) is 0 Å². The van der Waals surface area contributed by atoms with Crippen LogP contribution in [0.15, 0.2) is 4.99 Å². The molecule has 1 amide bonds. The predicted molar refractivity (Wildman–Crippen MR) is 96.3 cm³/mol. The first kappa shape index (κ1) is 20.7. The molecule has 7 heteroatoms. The molecule has 1 atom stereocenters. The molecule has 0 bridgehead atoms. The normalized spacial score (nSPS) is 18.1. The lowest BCUT2D eigenvalue weighted by Gasteiger charge is -2.22. The van der Waals surface area contributed by atoms with Gasteiger partial charge >= 0.3 is 0 Å². The minimum atomic E-state index is 0.0171. The van der Waals surface area contributed by atoms with Gasteiger partial charge in [0, 0.05) is 46.8 Å². The van der Waals surface area contributed by atoms with Crippen LogP contribution in [0.2, 0.25) is 0 Å². The second-order valence-corrected chi connectivity index (χ2v) is 6.38. The molecule has 1 N–H and O–H groups in total. The zero-order valence-corrected chi connectivity index (χ0v) is 15.7. The van der Waals surface area contributed by atoms with E-state index in [2.05, 4.69) is 22.1 Å². The van der Waals surface area contributed by atoms with E-state index in [1.807, 2.05) is 0 Å². The average molecular weight is 342 g/mol. The molecule has 0 spiro atoms. The molecule has 1 fully saturated rings. The quantitative estimate of drug-likeness (QED) is 0.361. The number of guanidine groups is 1. The molecule has 7 nitrogen and oxygen atoms in total. The van der Waals surface area contributed by atoms with E-state index in [1.54, 1.807) is 26.1 Å². The van der Waals surface area contributed by atoms with Crippen molar-refractivity contribution in [2.45, 2.75) is 26.2 Å². The van der Waals surface area contributed by atoms with Crippen molar-refractivity contribution < 1.29 is 14.3 Å². The third-order valence-electron chi connectivity index (χ3n) is 4.05. The van der Waals surface area contributed by atoms with E-state index < -0.39 is 0 Å². The number of likely N-dealkylation sites (N-methyl/N-ethyl adjacent to an activating group) is 1. The molecule has 0 saturated carbocycles. The zero-order chi connectivity index (χ0) is 17.8. The van der Waals surface area contributed by atoms with Crippen LogP contribution in [0.1, 0.15) is 26.2 Å². The van der Waals surface area contributed by atoms with Crippen LogP contribution in [0.3, 0.4) is 0 Å². The number of methoxy groups -OCH3 is 1. The Morgan fingerprint density at radius 1 is 1.38 bits per heavy atom. The fourth-order valence-electron chi connectivity index (χ4n) is 2.48. The number of hydrogen-bond donors (Lipinski definition) is 1. The Balaban J connectivity index is 2.50. The zero-order valence-electron chi connectivity index (χ0n) is 15.7. The second-order valence-electron chi connectivity index (χ2n) is 6.38. The molecule has 24 heavy (non-hydrogen) atoms. The maximum Gasteiger partial charge on any atom is 0.243 e. The molecule has 0 aromatic rings. The van der Waals surface area contributed by atoms with Gasteiger partial charge in [-0.1, -0.05) is 13.3 Å². The monoisotopic (exact) mass is 342 g/mol. The van der Waals surface area contributed by atoms with E-state index in [0.717, 1.165) is 51.5 Å². The minimum Gasteiger partial charge on any atom is -0.382 e. The molecule has 1 saturated heterocycles. The van der Waals surface area contributed by atoms with Crippen LogP contribution in [0.25, 0.3) is 0 Å². The van der Waals surface area contributed by atoms with Crippen LogP contribution in [0.5, 0.6) is 0 Å². The van der Waals surface area contributed by atoms with Crippen LogP contribution in [0, 0.1) is 5.92 Å². The maximum atomic E-state index is 11.8. The van der Waals surface area contributed by atoms with E-state index in [-0.39, 0.29) is 12.5 Å². The van der Waals surface area contributed by atoms with Gasteiger partial charge in [-0.25, -0.2) is 4.99 Å². The fourth-order valence-corrected chi connectivity index (χ4v) is 2.48. The molecule has 1 aliphatic rings. The first-order chi connectivity index (χ1) is 11.6. The Morgan fingerprint density at radius 2 is 2.17 bits per heavy atom. The van der Waals surface area contributed by atoms with E-state index >= 15 is 0 Å². The summed E-state index contributed by atoms with van der Waals surface area (Å²) in [6.07, 6.45) is 3.31. The number of likely N-dealkylation sites (tertiary alicyclic amines) is 1. The number of nitrogens with one attached hydrogen (secondary N) is 1. The van der Waals surface area contributed by atoms with E-state index in [4.69, 9.17) is 9.47 Å². The van der Waals surface area contributed by atoms with Crippen molar-refractivity contribution in [3.63, 3.8) is 0 Å². The Labute approximate surface area is 146 Å². The lowest BCUT2D eigenvalue weighted by atomic mass is 10.1. The van der Waals surface area contributed by atoms with Gasteiger partial charge in [-0.15, -0.1) is 0 Å². The maximum absolute atomic E-state index is 11.8. The molecule has 1 aliphatic heterocycles. The molecule has 0 aliphatic carbocycles. The van der Waals surface area contributed by atoms with Crippen LogP contribution < -0.4 is 5.32 Å². The van der Waals surface area contributed by atoms with Gasteiger partial charge in [-0.3, -0.25) is 4.79 Å². The molecule has 0 aromatic heterocycles. The van der Waals surface area contributed by atoms with Gasteiger partial charge in [-0.2, -0.15) is 0 Å². The van der Waals surface area contributed by atoms with Crippen molar-refractivity contribution in [1.29, 1.82) is 0 Å². The number of unbranched alkanes of at least 4 members (excludes halogenated alkanes) is 1. The highest BCUT2D eigenvalue weighted by Crippen LogP contribution is 2.16. The van der Waals surface area contributed by atoms with Crippen LogP contribution in [-0.2, 0) is 14.3 Å². The minimum absolute atomic E-state index is 0.0171. The first-order valence-electron chi connectivity index (χ1n) is 8.88. The van der Waals surface area contributed by atoms with Crippen molar-refractivity contribution in [1.82, 2.24) is 15.1 Å². The molecule has 140 valence electrons. The number of carbonyl (C=O) groups is 1.